The van der Waals surface area contributed by atoms with Crippen LogP contribution in [0.5, 0.6) is 0 Å². The highest BCUT2D eigenvalue weighted by atomic mass is 35.5. The number of allylic oxidation sites excluding steroid dienone is 3. The summed E-state index contributed by atoms with van der Waals surface area (Å²) in [6.07, 6.45) is 7.71. The van der Waals surface area contributed by atoms with E-state index in [2.05, 4.69) is 10.3 Å². The summed E-state index contributed by atoms with van der Waals surface area (Å²) in [5.41, 5.74) is 2.16. The fourth-order valence-corrected chi connectivity index (χ4v) is 7.14. The zero-order valence-corrected chi connectivity index (χ0v) is 19.7. The number of benzene rings is 1. The van der Waals surface area contributed by atoms with Gasteiger partial charge < -0.3 is 4.90 Å². The molecule has 30 heavy (non-hydrogen) atoms. The van der Waals surface area contributed by atoms with Gasteiger partial charge in [-0.2, -0.15) is 4.31 Å². The minimum Gasteiger partial charge on any atom is -0.345 e. The van der Waals surface area contributed by atoms with E-state index in [1.54, 1.807) is 46.9 Å². The van der Waals surface area contributed by atoms with Crippen molar-refractivity contribution in [1.82, 2.24) is 9.29 Å². The quantitative estimate of drug-likeness (QED) is 0.593. The number of piperazine rings is 1. The first-order chi connectivity index (χ1) is 14.3. The van der Waals surface area contributed by atoms with Crippen molar-refractivity contribution in [3.63, 3.8) is 0 Å². The van der Waals surface area contributed by atoms with E-state index in [-0.39, 0.29) is 0 Å². The Morgan fingerprint density at radius 1 is 1.17 bits per heavy atom. The number of halogens is 2. The van der Waals surface area contributed by atoms with Crippen LogP contribution in [0.15, 0.2) is 53.9 Å². The van der Waals surface area contributed by atoms with Crippen molar-refractivity contribution in [2.24, 2.45) is 0 Å². The summed E-state index contributed by atoms with van der Waals surface area (Å²) >= 11 is 14.0. The molecule has 1 aromatic heterocycles. The van der Waals surface area contributed by atoms with Crippen molar-refractivity contribution in [1.29, 1.82) is 0 Å². The molecule has 5 nitrogen and oxygen atoms in total. The van der Waals surface area contributed by atoms with Gasteiger partial charge in [0.25, 0.3) is 0 Å². The maximum Gasteiger partial charge on any atom is 0.222 e. The number of rotatable bonds is 5. The number of alkyl halides is 1. The first kappa shape index (κ1) is 21.8. The number of hydrogen-bond donors (Lipinski definition) is 0. The SMILES string of the molecule is CC1(Cl)C=CC=CC1S(=O)(=O)N1CCN(c2nc(Cc3ccc(Cl)cc3)cs2)CC1. The first-order valence-corrected chi connectivity index (χ1v) is 12.9. The number of hydrogen-bond acceptors (Lipinski definition) is 5. The van der Waals surface area contributed by atoms with Crippen LogP contribution in [0.2, 0.25) is 5.02 Å². The molecule has 2 aliphatic rings. The lowest BCUT2D eigenvalue weighted by Crippen LogP contribution is -2.54. The summed E-state index contributed by atoms with van der Waals surface area (Å²) in [7, 11) is -3.53. The fourth-order valence-electron chi connectivity index (χ4n) is 3.71. The molecule has 1 fully saturated rings. The Labute approximate surface area is 191 Å². The molecule has 0 N–H and O–H groups in total. The monoisotopic (exact) mass is 483 g/mol. The predicted molar refractivity (Wildman–Crippen MR) is 125 cm³/mol. The van der Waals surface area contributed by atoms with Gasteiger partial charge in [-0.05, 0) is 24.6 Å². The molecule has 1 aromatic carbocycles. The van der Waals surface area contributed by atoms with Crippen LogP contribution >= 0.6 is 34.5 Å². The molecule has 1 saturated heterocycles. The van der Waals surface area contributed by atoms with Gasteiger partial charge in [-0.3, -0.25) is 0 Å². The van der Waals surface area contributed by atoms with Gasteiger partial charge in [0.15, 0.2) is 5.13 Å². The van der Waals surface area contributed by atoms with Crippen LogP contribution in [0.25, 0.3) is 0 Å². The lowest BCUT2D eigenvalue weighted by Gasteiger charge is -2.38. The zero-order chi connectivity index (χ0) is 21.4. The fraction of sp³-hybridized carbons (Fsp3) is 0.381. The van der Waals surface area contributed by atoms with Crippen molar-refractivity contribution < 1.29 is 8.42 Å². The molecule has 1 aliphatic carbocycles. The molecular weight excluding hydrogens is 461 g/mol. The Balaban J connectivity index is 1.39. The molecular formula is C21H23Cl2N3O2S2. The van der Waals surface area contributed by atoms with Crippen molar-refractivity contribution >= 4 is 49.7 Å². The summed E-state index contributed by atoms with van der Waals surface area (Å²) in [4.78, 5) is 5.97. The van der Waals surface area contributed by atoms with E-state index in [1.165, 1.54) is 0 Å². The number of thiazole rings is 1. The Morgan fingerprint density at radius 2 is 1.87 bits per heavy atom. The molecule has 0 saturated carbocycles. The summed E-state index contributed by atoms with van der Waals surface area (Å²) in [6, 6.07) is 7.77. The van der Waals surface area contributed by atoms with Gasteiger partial charge in [-0.1, -0.05) is 48.0 Å². The minimum absolute atomic E-state index is 0.426. The number of aromatic nitrogens is 1. The van der Waals surface area contributed by atoms with Crippen LogP contribution in [-0.4, -0.2) is 54.0 Å². The van der Waals surface area contributed by atoms with Gasteiger partial charge in [0.2, 0.25) is 10.0 Å². The summed E-state index contributed by atoms with van der Waals surface area (Å²) in [6.45, 7) is 3.81. The van der Waals surface area contributed by atoms with Gasteiger partial charge in [-0.15, -0.1) is 22.9 Å². The third-order valence-electron chi connectivity index (χ3n) is 5.40. The molecule has 0 radical (unpaired) electrons. The second kappa shape index (κ2) is 8.63. The summed E-state index contributed by atoms with van der Waals surface area (Å²) in [5, 5.41) is 2.96. The van der Waals surface area contributed by atoms with Crippen molar-refractivity contribution in [3.05, 3.63) is 70.2 Å². The zero-order valence-electron chi connectivity index (χ0n) is 16.5. The van der Waals surface area contributed by atoms with E-state index in [0.29, 0.717) is 26.2 Å². The maximum absolute atomic E-state index is 13.1. The number of nitrogens with zero attached hydrogens (tertiary/aromatic N) is 3. The van der Waals surface area contributed by atoms with Crippen LogP contribution in [0.1, 0.15) is 18.2 Å². The Morgan fingerprint density at radius 3 is 2.53 bits per heavy atom. The third-order valence-corrected chi connectivity index (χ3v) is 9.47. The molecule has 4 rings (SSSR count). The number of anilines is 1. The first-order valence-electron chi connectivity index (χ1n) is 9.73. The van der Waals surface area contributed by atoms with Crippen molar-refractivity contribution in [3.8, 4) is 0 Å². The summed E-state index contributed by atoms with van der Waals surface area (Å²) < 4.78 is 27.8. The molecule has 2 atom stereocenters. The molecule has 0 bridgehead atoms. The molecule has 2 heterocycles. The van der Waals surface area contributed by atoms with E-state index in [0.717, 1.165) is 27.8 Å². The smallest absolute Gasteiger partial charge is 0.222 e. The van der Waals surface area contributed by atoms with Crippen LogP contribution in [0, 0.1) is 0 Å². The van der Waals surface area contributed by atoms with E-state index in [9.17, 15) is 8.42 Å². The van der Waals surface area contributed by atoms with Crippen LogP contribution in [-0.2, 0) is 16.4 Å². The van der Waals surface area contributed by atoms with Gasteiger partial charge in [0.1, 0.15) is 5.25 Å². The molecule has 9 heteroatoms. The van der Waals surface area contributed by atoms with Gasteiger partial charge in [0.05, 0.1) is 10.6 Å². The van der Waals surface area contributed by atoms with Gasteiger partial charge >= 0.3 is 0 Å². The summed E-state index contributed by atoms with van der Waals surface area (Å²) in [5.74, 6) is 0. The highest BCUT2D eigenvalue weighted by molar-refractivity contribution is 7.90. The molecule has 2 unspecified atom stereocenters. The minimum atomic E-state index is -3.53. The molecule has 0 spiro atoms. The highest BCUT2D eigenvalue weighted by Gasteiger charge is 2.43. The van der Waals surface area contributed by atoms with E-state index in [4.69, 9.17) is 28.2 Å². The molecule has 2 aromatic rings. The van der Waals surface area contributed by atoms with Gasteiger partial charge in [0, 0.05) is 43.0 Å². The van der Waals surface area contributed by atoms with E-state index in [1.807, 2.05) is 24.3 Å². The van der Waals surface area contributed by atoms with Crippen LogP contribution in [0.3, 0.4) is 0 Å². The van der Waals surface area contributed by atoms with Crippen LogP contribution < -0.4 is 4.90 Å². The Bertz CT molecular complexity index is 1050. The topological polar surface area (TPSA) is 53.5 Å². The third kappa shape index (κ3) is 4.60. The molecule has 0 amide bonds. The molecule has 1 aliphatic heterocycles. The molecule has 160 valence electrons. The lowest BCUT2D eigenvalue weighted by atomic mass is 10.0. The van der Waals surface area contributed by atoms with E-state index < -0.39 is 20.1 Å². The normalized spacial score (nSPS) is 25.0. The maximum atomic E-state index is 13.1. The van der Waals surface area contributed by atoms with Gasteiger partial charge in [-0.25, -0.2) is 13.4 Å². The second-order valence-electron chi connectivity index (χ2n) is 7.67. The van der Waals surface area contributed by atoms with Crippen molar-refractivity contribution in [2.45, 2.75) is 23.5 Å². The van der Waals surface area contributed by atoms with Crippen molar-refractivity contribution in [2.75, 3.05) is 31.1 Å². The second-order valence-corrected chi connectivity index (χ2v) is 11.8. The Kier molecular flexibility index (Phi) is 6.28. The number of sulfonamides is 1. The van der Waals surface area contributed by atoms with Crippen LogP contribution in [0.4, 0.5) is 5.13 Å². The standard InChI is InChI=1S/C21H23Cl2N3O2S2/c1-21(23)9-3-2-4-19(21)30(27,28)26-12-10-25(11-13-26)20-24-18(15-29-20)14-16-5-7-17(22)8-6-16/h2-9,15,19H,10-14H2,1H3. The predicted octanol–water partition coefficient (Wildman–Crippen LogP) is 4.33. The average Bonchev–Trinajstić information content (AvgIpc) is 3.18. The lowest BCUT2D eigenvalue weighted by molar-refractivity contribution is 0.379. The average molecular weight is 484 g/mol. The Hall–Kier alpha value is -1.38. The van der Waals surface area contributed by atoms with E-state index >= 15 is 0 Å². The highest BCUT2D eigenvalue weighted by Crippen LogP contribution is 2.33. The largest absolute Gasteiger partial charge is 0.345 e.